The van der Waals surface area contributed by atoms with Gasteiger partial charge in [0.15, 0.2) is 0 Å². The first-order chi connectivity index (χ1) is 10.1. The molecule has 0 spiro atoms. The number of nitrogens with one attached hydrogen (secondary N) is 1. The summed E-state index contributed by atoms with van der Waals surface area (Å²) in [5, 5.41) is 12.3. The maximum atomic E-state index is 10.9. The summed E-state index contributed by atoms with van der Waals surface area (Å²) in [6.45, 7) is 1.32. The van der Waals surface area contributed by atoms with Crippen LogP contribution in [-0.4, -0.2) is 18.2 Å². The Morgan fingerprint density at radius 1 is 1.19 bits per heavy atom. The molecule has 2 rings (SSSR count). The average molecular weight is 350 g/mol. The summed E-state index contributed by atoms with van der Waals surface area (Å²) in [6.07, 6.45) is 0. The molecular formula is C16H16BrNO3. The van der Waals surface area contributed by atoms with E-state index in [4.69, 9.17) is 9.84 Å². The number of methoxy groups -OCH3 is 1. The molecule has 5 heteroatoms. The lowest BCUT2D eigenvalue weighted by atomic mass is 10.1. The van der Waals surface area contributed by atoms with Crippen molar-refractivity contribution in [2.24, 2.45) is 0 Å². The lowest BCUT2D eigenvalue weighted by molar-refractivity contribution is 0.0697. The van der Waals surface area contributed by atoms with Gasteiger partial charge in [0.2, 0.25) is 0 Å². The molecule has 0 aliphatic rings. The fraction of sp³-hybridized carbons (Fsp3) is 0.188. The number of ether oxygens (including phenoxy) is 1. The molecule has 0 radical (unpaired) electrons. The summed E-state index contributed by atoms with van der Waals surface area (Å²) in [6, 6.07) is 12.9. The number of carbonyl (C=O) groups is 1. The van der Waals surface area contributed by atoms with E-state index in [1.165, 1.54) is 0 Å². The number of hydrogen-bond donors (Lipinski definition) is 2. The van der Waals surface area contributed by atoms with Crippen molar-refractivity contribution in [3.63, 3.8) is 0 Å². The van der Waals surface area contributed by atoms with Gasteiger partial charge in [-0.2, -0.15) is 0 Å². The largest absolute Gasteiger partial charge is 0.496 e. The number of rotatable bonds is 6. The zero-order chi connectivity index (χ0) is 15.2. The number of hydrogen-bond acceptors (Lipinski definition) is 3. The quantitative estimate of drug-likeness (QED) is 0.838. The molecule has 0 aliphatic heterocycles. The smallest absolute Gasteiger partial charge is 0.335 e. The number of aromatic carboxylic acids is 1. The Bertz CT molecular complexity index is 643. The van der Waals surface area contributed by atoms with E-state index < -0.39 is 5.97 Å². The molecule has 2 N–H and O–H groups in total. The van der Waals surface area contributed by atoms with Crippen LogP contribution >= 0.6 is 15.9 Å². The van der Waals surface area contributed by atoms with Gasteiger partial charge in [-0.3, -0.25) is 0 Å². The highest BCUT2D eigenvalue weighted by atomic mass is 79.9. The number of carboxylic acid groups (broad SMARTS) is 1. The van der Waals surface area contributed by atoms with Crippen LogP contribution in [-0.2, 0) is 13.1 Å². The van der Waals surface area contributed by atoms with E-state index in [9.17, 15) is 4.79 Å². The van der Waals surface area contributed by atoms with Crippen molar-refractivity contribution in [2.75, 3.05) is 7.11 Å². The molecule has 0 unspecified atom stereocenters. The average Bonchev–Trinajstić information content (AvgIpc) is 2.49. The summed E-state index contributed by atoms with van der Waals surface area (Å²) in [5.41, 5.74) is 2.36. The normalized spacial score (nSPS) is 10.4. The molecule has 0 amide bonds. The summed E-state index contributed by atoms with van der Waals surface area (Å²) in [7, 11) is 1.65. The Morgan fingerprint density at radius 3 is 2.57 bits per heavy atom. The lowest BCUT2D eigenvalue weighted by Gasteiger charge is -2.10. The molecule has 21 heavy (non-hydrogen) atoms. The van der Waals surface area contributed by atoms with Crippen molar-refractivity contribution in [3.8, 4) is 5.75 Å². The van der Waals surface area contributed by atoms with Gasteiger partial charge in [0.25, 0.3) is 0 Å². The van der Waals surface area contributed by atoms with Crippen LogP contribution in [0.4, 0.5) is 0 Å². The third-order valence-electron chi connectivity index (χ3n) is 3.12. The molecule has 0 aromatic heterocycles. The van der Waals surface area contributed by atoms with Crippen molar-refractivity contribution >= 4 is 21.9 Å². The van der Waals surface area contributed by atoms with E-state index >= 15 is 0 Å². The van der Waals surface area contributed by atoms with Crippen LogP contribution in [0.3, 0.4) is 0 Å². The van der Waals surface area contributed by atoms with Crippen LogP contribution in [0.15, 0.2) is 46.9 Å². The SMILES string of the molecule is COc1ccccc1CNCc1ccc(C(=O)O)cc1Br. The molecule has 0 heterocycles. The van der Waals surface area contributed by atoms with Crippen LogP contribution in [0, 0.1) is 0 Å². The van der Waals surface area contributed by atoms with Crippen LogP contribution in [0.2, 0.25) is 0 Å². The molecule has 4 nitrogen and oxygen atoms in total. The predicted molar refractivity (Wildman–Crippen MR) is 84.6 cm³/mol. The molecule has 2 aromatic rings. The van der Waals surface area contributed by atoms with Gasteiger partial charge in [-0.05, 0) is 23.8 Å². The zero-order valence-electron chi connectivity index (χ0n) is 11.6. The molecule has 0 saturated heterocycles. The van der Waals surface area contributed by atoms with E-state index in [1.54, 1.807) is 19.2 Å². The number of para-hydroxylation sites is 1. The van der Waals surface area contributed by atoms with Gasteiger partial charge in [0.1, 0.15) is 5.75 Å². The Kier molecular flexibility index (Phi) is 5.36. The van der Waals surface area contributed by atoms with Crippen molar-refractivity contribution in [1.29, 1.82) is 0 Å². The van der Waals surface area contributed by atoms with E-state index in [-0.39, 0.29) is 5.56 Å². The van der Waals surface area contributed by atoms with Gasteiger partial charge in [-0.1, -0.05) is 40.2 Å². The summed E-state index contributed by atoms with van der Waals surface area (Å²) in [4.78, 5) is 10.9. The maximum Gasteiger partial charge on any atom is 0.335 e. The highest BCUT2D eigenvalue weighted by molar-refractivity contribution is 9.10. The molecule has 2 aromatic carbocycles. The standard InChI is InChI=1S/C16H16BrNO3/c1-21-15-5-3-2-4-13(15)10-18-9-12-7-6-11(16(19)20)8-14(12)17/h2-8,18H,9-10H2,1H3,(H,19,20). The first-order valence-electron chi connectivity index (χ1n) is 6.46. The summed E-state index contributed by atoms with van der Waals surface area (Å²) in [5.74, 6) is -0.0745. The molecular weight excluding hydrogens is 334 g/mol. The van der Waals surface area contributed by atoms with E-state index in [0.717, 1.165) is 21.3 Å². The van der Waals surface area contributed by atoms with Crippen LogP contribution in [0.5, 0.6) is 5.75 Å². The topological polar surface area (TPSA) is 58.6 Å². The second-order valence-electron chi connectivity index (χ2n) is 4.53. The van der Waals surface area contributed by atoms with Gasteiger partial charge in [0, 0.05) is 23.1 Å². The van der Waals surface area contributed by atoms with Gasteiger partial charge < -0.3 is 15.2 Å². The number of carboxylic acids is 1. The third-order valence-corrected chi connectivity index (χ3v) is 3.86. The van der Waals surface area contributed by atoms with Gasteiger partial charge in [-0.15, -0.1) is 0 Å². The minimum Gasteiger partial charge on any atom is -0.496 e. The lowest BCUT2D eigenvalue weighted by Crippen LogP contribution is -2.14. The Morgan fingerprint density at radius 2 is 1.90 bits per heavy atom. The van der Waals surface area contributed by atoms with Crippen molar-refractivity contribution in [2.45, 2.75) is 13.1 Å². The third kappa shape index (κ3) is 4.06. The van der Waals surface area contributed by atoms with Crippen molar-refractivity contribution in [3.05, 3.63) is 63.6 Å². The van der Waals surface area contributed by atoms with Crippen molar-refractivity contribution in [1.82, 2.24) is 5.32 Å². The predicted octanol–water partition coefficient (Wildman–Crippen LogP) is 3.45. The van der Waals surface area contributed by atoms with E-state index in [0.29, 0.717) is 13.1 Å². The van der Waals surface area contributed by atoms with Crippen LogP contribution in [0.1, 0.15) is 21.5 Å². The molecule has 110 valence electrons. The van der Waals surface area contributed by atoms with E-state index in [2.05, 4.69) is 21.2 Å². The minimum atomic E-state index is -0.927. The minimum absolute atomic E-state index is 0.273. The highest BCUT2D eigenvalue weighted by Crippen LogP contribution is 2.20. The number of benzene rings is 2. The fourth-order valence-corrected chi connectivity index (χ4v) is 2.52. The number of halogens is 1. The molecule has 0 fully saturated rings. The molecule has 0 aliphatic carbocycles. The zero-order valence-corrected chi connectivity index (χ0v) is 13.2. The first-order valence-corrected chi connectivity index (χ1v) is 7.25. The van der Waals surface area contributed by atoms with Crippen molar-refractivity contribution < 1.29 is 14.6 Å². The second kappa shape index (κ2) is 7.24. The summed E-state index contributed by atoms with van der Waals surface area (Å²) < 4.78 is 6.09. The Balaban J connectivity index is 1.99. The second-order valence-corrected chi connectivity index (χ2v) is 5.38. The summed E-state index contributed by atoms with van der Waals surface area (Å²) >= 11 is 3.40. The molecule has 0 bridgehead atoms. The monoisotopic (exact) mass is 349 g/mol. The Labute approximate surface area is 131 Å². The Hall–Kier alpha value is -1.85. The maximum absolute atomic E-state index is 10.9. The van der Waals surface area contributed by atoms with E-state index in [1.807, 2.05) is 30.3 Å². The first kappa shape index (κ1) is 15.5. The van der Waals surface area contributed by atoms with Gasteiger partial charge in [-0.25, -0.2) is 4.79 Å². The highest BCUT2D eigenvalue weighted by Gasteiger charge is 2.07. The van der Waals surface area contributed by atoms with Gasteiger partial charge >= 0.3 is 5.97 Å². The molecule has 0 saturated carbocycles. The van der Waals surface area contributed by atoms with Crippen LogP contribution in [0.25, 0.3) is 0 Å². The van der Waals surface area contributed by atoms with Gasteiger partial charge in [0.05, 0.1) is 12.7 Å². The molecule has 0 atom stereocenters. The fourth-order valence-electron chi connectivity index (χ4n) is 2.00. The van der Waals surface area contributed by atoms with Crippen LogP contribution < -0.4 is 10.1 Å².